The molecule has 1 N–H and O–H groups in total. The van der Waals surface area contributed by atoms with Crippen LogP contribution in [0.3, 0.4) is 0 Å². The molecule has 0 aromatic carbocycles. The van der Waals surface area contributed by atoms with E-state index in [-0.39, 0.29) is 17.2 Å². The highest BCUT2D eigenvalue weighted by atomic mass is 79.9. The lowest BCUT2D eigenvalue weighted by molar-refractivity contribution is -0.122. The SMILES string of the molecule is CCC(CC)(CBr)NC(=O)C1CCCCS1(=O)=O. The molecule has 106 valence electrons. The Balaban J connectivity index is 2.81. The zero-order valence-electron chi connectivity index (χ0n) is 11.0. The molecule has 0 aromatic heterocycles. The standard InChI is InChI=1S/C12H22BrNO3S/c1-3-12(4-2,9-13)14-11(15)10-7-5-6-8-18(10,16)17/h10H,3-9H2,1-2H3,(H,14,15). The zero-order chi connectivity index (χ0) is 13.8. The molecule has 1 amide bonds. The monoisotopic (exact) mass is 339 g/mol. The van der Waals surface area contributed by atoms with Crippen LogP contribution in [0.2, 0.25) is 0 Å². The molecule has 1 fully saturated rings. The van der Waals surface area contributed by atoms with Gasteiger partial charge in [0.1, 0.15) is 5.25 Å². The molecule has 1 unspecified atom stereocenters. The van der Waals surface area contributed by atoms with Crippen molar-refractivity contribution >= 4 is 31.7 Å². The smallest absolute Gasteiger partial charge is 0.238 e. The van der Waals surface area contributed by atoms with Gasteiger partial charge in [-0.05, 0) is 25.7 Å². The number of amides is 1. The second kappa shape index (κ2) is 6.37. The van der Waals surface area contributed by atoms with Crippen LogP contribution in [0.4, 0.5) is 0 Å². The number of nitrogens with one attached hydrogen (secondary N) is 1. The molecule has 1 heterocycles. The van der Waals surface area contributed by atoms with Crippen LogP contribution >= 0.6 is 15.9 Å². The molecule has 0 spiro atoms. The largest absolute Gasteiger partial charge is 0.349 e. The van der Waals surface area contributed by atoms with Gasteiger partial charge in [-0.2, -0.15) is 0 Å². The topological polar surface area (TPSA) is 63.2 Å². The lowest BCUT2D eigenvalue weighted by Crippen LogP contribution is -2.54. The molecular weight excluding hydrogens is 318 g/mol. The van der Waals surface area contributed by atoms with Crippen LogP contribution in [0.1, 0.15) is 46.0 Å². The summed E-state index contributed by atoms with van der Waals surface area (Å²) in [6.45, 7) is 4.00. The second-order valence-electron chi connectivity index (χ2n) is 4.96. The predicted molar refractivity (Wildman–Crippen MR) is 76.7 cm³/mol. The van der Waals surface area contributed by atoms with Crippen molar-refractivity contribution in [3.05, 3.63) is 0 Å². The first-order valence-electron chi connectivity index (χ1n) is 6.50. The van der Waals surface area contributed by atoms with Crippen LogP contribution in [0, 0.1) is 0 Å². The van der Waals surface area contributed by atoms with Gasteiger partial charge in [-0.1, -0.05) is 36.2 Å². The van der Waals surface area contributed by atoms with Crippen molar-refractivity contribution in [3.8, 4) is 0 Å². The summed E-state index contributed by atoms with van der Waals surface area (Å²) in [7, 11) is -3.25. The highest BCUT2D eigenvalue weighted by Crippen LogP contribution is 2.23. The van der Waals surface area contributed by atoms with Crippen LogP contribution in [-0.2, 0) is 14.6 Å². The summed E-state index contributed by atoms with van der Waals surface area (Å²) >= 11 is 3.41. The predicted octanol–water partition coefficient (Wildman–Crippen LogP) is 2.02. The van der Waals surface area contributed by atoms with Crippen molar-refractivity contribution in [2.24, 2.45) is 0 Å². The van der Waals surface area contributed by atoms with Gasteiger partial charge in [0.25, 0.3) is 0 Å². The van der Waals surface area contributed by atoms with Gasteiger partial charge in [0.2, 0.25) is 5.91 Å². The van der Waals surface area contributed by atoms with E-state index < -0.39 is 15.1 Å². The van der Waals surface area contributed by atoms with Gasteiger partial charge >= 0.3 is 0 Å². The highest BCUT2D eigenvalue weighted by Gasteiger charge is 2.38. The molecule has 6 heteroatoms. The van der Waals surface area contributed by atoms with Crippen molar-refractivity contribution in [1.29, 1.82) is 0 Å². The van der Waals surface area contributed by atoms with Crippen LogP contribution in [0.5, 0.6) is 0 Å². The van der Waals surface area contributed by atoms with E-state index in [1.807, 2.05) is 13.8 Å². The maximum Gasteiger partial charge on any atom is 0.238 e. The van der Waals surface area contributed by atoms with E-state index in [1.54, 1.807) is 0 Å². The first-order valence-corrected chi connectivity index (χ1v) is 9.34. The molecule has 1 saturated heterocycles. The van der Waals surface area contributed by atoms with Gasteiger partial charge in [0.05, 0.1) is 5.75 Å². The van der Waals surface area contributed by atoms with Gasteiger partial charge in [-0.25, -0.2) is 8.42 Å². The molecule has 0 radical (unpaired) electrons. The average Bonchev–Trinajstić information content (AvgIpc) is 2.35. The van der Waals surface area contributed by atoms with E-state index >= 15 is 0 Å². The summed E-state index contributed by atoms with van der Waals surface area (Å²) < 4.78 is 23.8. The minimum Gasteiger partial charge on any atom is -0.349 e. The molecular formula is C12H22BrNO3S. The van der Waals surface area contributed by atoms with Gasteiger partial charge in [-0.15, -0.1) is 0 Å². The van der Waals surface area contributed by atoms with Crippen LogP contribution in [0.25, 0.3) is 0 Å². The Hall–Kier alpha value is -0.100. The summed E-state index contributed by atoms with van der Waals surface area (Å²) in [5.74, 6) is -0.178. The minimum absolute atomic E-state index is 0.144. The number of carbonyl (C=O) groups excluding carboxylic acids is 1. The van der Waals surface area contributed by atoms with Crippen molar-refractivity contribution in [1.82, 2.24) is 5.32 Å². The molecule has 4 nitrogen and oxygen atoms in total. The summed E-state index contributed by atoms with van der Waals surface area (Å²) in [6, 6.07) is 0. The Morgan fingerprint density at radius 1 is 1.33 bits per heavy atom. The fourth-order valence-electron chi connectivity index (χ4n) is 2.24. The number of alkyl halides is 1. The Morgan fingerprint density at radius 3 is 2.39 bits per heavy atom. The summed E-state index contributed by atoms with van der Waals surface area (Å²) in [6.07, 6.45) is 3.52. The van der Waals surface area contributed by atoms with E-state index in [0.29, 0.717) is 18.2 Å². The second-order valence-corrected chi connectivity index (χ2v) is 7.83. The third-order valence-electron chi connectivity index (χ3n) is 3.87. The average molecular weight is 340 g/mol. The van der Waals surface area contributed by atoms with Crippen molar-refractivity contribution in [3.63, 3.8) is 0 Å². The van der Waals surface area contributed by atoms with Crippen molar-refractivity contribution in [2.45, 2.75) is 56.7 Å². The Kier molecular flexibility index (Phi) is 5.65. The highest BCUT2D eigenvalue weighted by molar-refractivity contribution is 9.09. The molecule has 18 heavy (non-hydrogen) atoms. The van der Waals surface area contributed by atoms with Crippen molar-refractivity contribution in [2.75, 3.05) is 11.1 Å². The third-order valence-corrected chi connectivity index (χ3v) is 7.12. The Bertz CT molecular complexity index is 382. The Morgan fingerprint density at radius 2 is 1.94 bits per heavy atom. The van der Waals surface area contributed by atoms with E-state index in [1.165, 1.54) is 0 Å². The van der Waals surface area contributed by atoms with E-state index in [2.05, 4.69) is 21.2 Å². The number of hydrogen-bond acceptors (Lipinski definition) is 3. The van der Waals surface area contributed by atoms with E-state index in [9.17, 15) is 13.2 Å². The van der Waals surface area contributed by atoms with E-state index in [0.717, 1.165) is 19.3 Å². The fourth-order valence-corrected chi connectivity index (χ4v) is 4.98. The molecule has 1 aliphatic heterocycles. The normalized spacial score (nSPS) is 23.6. The molecule has 1 aliphatic rings. The maximum absolute atomic E-state index is 12.2. The van der Waals surface area contributed by atoms with E-state index in [4.69, 9.17) is 0 Å². The van der Waals surface area contributed by atoms with Gasteiger partial charge < -0.3 is 5.32 Å². The van der Waals surface area contributed by atoms with Crippen LogP contribution in [0.15, 0.2) is 0 Å². The molecule has 1 atom stereocenters. The Labute approximate surface area is 118 Å². The first kappa shape index (κ1) is 16.0. The van der Waals surface area contributed by atoms with Crippen LogP contribution in [-0.4, -0.2) is 36.2 Å². The number of rotatable bonds is 5. The maximum atomic E-state index is 12.2. The molecule has 0 bridgehead atoms. The first-order chi connectivity index (χ1) is 8.40. The third kappa shape index (κ3) is 3.47. The fraction of sp³-hybridized carbons (Fsp3) is 0.917. The number of carbonyl (C=O) groups is 1. The van der Waals surface area contributed by atoms with Gasteiger partial charge in [0, 0.05) is 10.9 Å². The van der Waals surface area contributed by atoms with Gasteiger partial charge in [-0.3, -0.25) is 4.79 Å². The molecule has 0 saturated carbocycles. The lowest BCUT2D eigenvalue weighted by Gasteiger charge is -2.33. The summed E-state index contributed by atoms with van der Waals surface area (Å²) in [4.78, 5) is 12.2. The molecule has 0 aromatic rings. The minimum atomic E-state index is -3.25. The number of hydrogen-bond donors (Lipinski definition) is 1. The summed E-state index contributed by atoms with van der Waals surface area (Å²) in [5, 5.41) is 2.74. The van der Waals surface area contributed by atoms with Crippen molar-refractivity contribution < 1.29 is 13.2 Å². The molecule has 1 rings (SSSR count). The van der Waals surface area contributed by atoms with Crippen LogP contribution < -0.4 is 5.32 Å². The quantitative estimate of drug-likeness (QED) is 0.779. The summed E-state index contributed by atoms with van der Waals surface area (Å²) in [5.41, 5.74) is -0.329. The molecule has 0 aliphatic carbocycles. The number of sulfone groups is 1. The lowest BCUT2D eigenvalue weighted by atomic mass is 9.95. The number of halogens is 1. The van der Waals surface area contributed by atoms with Gasteiger partial charge in [0.15, 0.2) is 9.84 Å². The zero-order valence-corrected chi connectivity index (χ0v) is 13.4.